The number of carbonyl (C=O) groups excluding carboxylic acids is 1. The van der Waals surface area contributed by atoms with Crippen LogP contribution in [0.3, 0.4) is 0 Å². The second-order valence-electron chi connectivity index (χ2n) is 4.10. The first kappa shape index (κ1) is 13.1. The molecule has 3 heteroatoms. The van der Waals surface area contributed by atoms with Gasteiger partial charge in [-0.1, -0.05) is 30.3 Å². The highest BCUT2D eigenvalue weighted by Gasteiger charge is 2.06. The van der Waals surface area contributed by atoms with Gasteiger partial charge in [-0.3, -0.25) is 0 Å². The van der Waals surface area contributed by atoms with E-state index < -0.39 is 0 Å². The van der Waals surface area contributed by atoms with Gasteiger partial charge in [0, 0.05) is 6.42 Å². The van der Waals surface area contributed by atoms with Crippen LogP contribution >= 0.6 is 0 Å². The van der Waals surface area contributed by atoms with E-state index in [0.29, 0.717) is 12.2 Å². The average molecular weight is 256 g/mol. The summed E-state index contributed by atoms with van der Waals surface area (Å²) in [5, 5.41) is 0. The fraction of sp³-hybridized carbons (Fsp3) is 0.188. The number of hydrogen-bond donors (Lipinski definition) is 0. The van der Waals surface area contributed by atoms with Gasteiger partial charge >= 0.3 is 5.97 Å². The molecule has 2 aromatic carbocycles. The van der Waals surface area contributed by atoms with Crippen LogP contribution in [0.15, 0.2) is 54.6 Å². The van der Waals surface area contributed by atoms with Crippen molar-refractivity contribution in [2.75, 3.05) is 13.7 Å². The maximum Gasteiger partial charge on any atom is 0.338 e. The summed E-state index contributed by atoms with van der Waals surface area (Å²) >= 11 is 0. The molecule has 2 aromatic rings. The minimum atomic E-state index is -0.307. The summed E-state index contributed by atoms with van der Waals surface area (Å²) in [7, 11) is 1.59. The minimum absolute atomic E-state index is 0.307. The van der Waals surface area contributed by atoms with Gasteiger partial charge in [0.1, 0.15) is 5.75 Å². The summed E-state index contributed by atoms with van der Waals surface area (Å²) in [4.78, 5) is 11.8. The third kappa shape index (κ3) is 3.85. The summed E-state index contributed by atoms with van der Waals surface area (Å²) in [5.74, 6) is 0.416. The van der Waals surface area contributed by atoms with Crippen molar-refractivity contribution in [3.63, 3.8) is 0 Å². The molecule has 19 heavy (non-hydrogen) atoms. The Labute approximate surface area is 112 Å². The lowest BCUT2D eigenvalue weighted by Gasteiger charge is -2.05. The van der Waals surface area contributed by atoms with Crippen LogP contribution in [0, 0.1) is 0 Å². The van der Waals surface area contributed by atoms with E-state index in [9.17, 15) is 4.79 Å². The molecule has 0 bridgehead atoms. The molecule has 0 aromatic heterocycles. The number of methoxy groups -OCH3 is 1. The van der Waals surface area contributed by atoms with Crippen LogP contribution in [0.5, 0.6) is 5.75 Å². The van der Waals surface area contributed by atoms with Crippen molar-refractivity contribution < 1.29 is 14.3 Å². The molecule has 0 radical (unpaired) electrons. The number of esters is 1. The van der Waals surface area contributed by atoms with Crippen LogP contribution in [0.2, 0.25) is 0 Å². The Morgan fingerprint density at radius 2 is 1.68 bits per heavy atom. The van der Waals surface area contributed by atoms with E-state index in [1.807, 2.05) is 30.3 Å². The van der Waals surface area contributed by atoms with Crippen LogP contribution in [0.25, 0.3) is 0 Å². The summed E-state index contributed by atoms with van der Waals surface area (Å²) in [6.45, 7) is 0.384. The van der Waals surface area contributed by atoms with Gasteiger partial charge < -0.3 is 9.47 Å². The van der Waals surface area contributed by atoms with Gasteiger partial charge in [0.15, 0.2) is 0 Å². The molecule has 0 spiro atoms. The molecule has 0 amide bonds. The molecule has 0 heterocycles. The highest BCUT2D eigenvalue weighted by Crippen LogP contribution is 2.12. The Morgan fingerprint density at radius 1 is 1.00 bits per heavy atom. The van der Waals surface area contributed by atoms with Crippen molar-refractivity contribution in [1.29, 1.82) is 0 Å². The lowest BCUT2D eigenvalue weighted by atomic mass is 10.2. The van der Waals surface area contributed by atoms with Crippen LogP contribution < -0.4 is 4.74 Å². The number of benzene rings is 2. The Balaban J connectivity index is 1.84. The van der Waals surface area contributed by atoms with Crippen LogP contribution in [-0.4, -0.2) is 19.7 Å². The van der Waals surface area contributed by atoms with Crippen molar-refractivity contribution in [2.24, 2.45) is 0 Å². The van der Waals surface area contributed by atoms with Crippen molar-refractivity contribution >= 4 is 5.97 Å². The second-order valence-corrected chi connectivity index (χ2v) is 4.10. The first-order chi connectivity index (χ1) is 9.29. The maximum atomic E-state index is 11.8. The van der Waals surface area contributed by atoms with E-state index in [4.69, 9.17) is 9.47 Å². The molecule has 0 N–H and O–H groups in total. The van der Waals surface area contributed by atoms with Crippen LogP contribution in [0.4, 0.5) is 0 Å². The SMILES string of the molecule is COc1ccc(C(=O)OCCc2ccccc2)cc1. The Hall–Kier alpha value is -2.29. The van der Waals surface area contributed by atoms with E-state index in [1.165, 1.54) is 0 Å². The summed E-state index contributed by atoms with van der Waals surface area (Å²) in [6.07, 6.45) is 0.725. The first-order valence-electron chi connectivity index (χ1n) is 6.14. The van der Waals surface area contributed by atoms with Gasteiger partial charge in [-0.15, -0.1) is 0 Å². The summed E-state index contributed by atoms with van der Waals surface area (Å²) in [5.41, 5.74) is 1.69. The molecule has 3 nitrogen and oxygen atoms in total. The standard InChI is InChI=1S/C16H16O3/c1-18-15-9-7-14(8-10-15)16(17)19-12-11-13-5-3-2-4-6-13/h2-10H,11-12H2,1H3. The molecule has 0 aliphatic rings. The van der Waals surface area contributed by atoms with E-state index >= 15 is 0 Å². The van der Waals surface area contributed by atoms with Gasteiger partial charge in [0.05, 0.1) is 19.3 Å². The Kier molecular flexibility index (Phi) is 4.56. The van der Waals surface area contributed by atoms with Crippen LogP contribution in [0.1, 0.15) is 15.9 Å². The lowest BCUT2D eigenvalue weighted by molar-refractivity contribution is 0.0509. The molecule has 0 saturated carbocycles. The third-order valence-electron chi connectivity index (χ3n) is 2.79. The quantitative estimate of drug-likeness (QED) is 0.771. The molecule has 98 valence electrons. The largest absolute Gasteiger partial charge is 0.497 e. The van der Waals surface area contributed by atoms with Gasteiger partial charge in [-0.2, -0.15) is 0 Å². The zero-order valence-corrected chi connectivity index (χ0v) is 10.8. The van der Waals surface area contributed by atoms with Crippen LogP contribution in [-0.2, 0) is 11.2 Å². The molecule has 0 unspecified atom stereocenters. The van der Waals surface area contributed by atoms with Gasteiger partial charge in [0.25, 0.3) is 0 Å². The predicted octanol–water partition coefficient (Wildman–Crippen LogP) is 3.09. The Bertz CT molecular complexity index is 517. The molecule has 2 rings (SSSR count). The fourth-order valence-electron chi connectivity index (χ4n) is 1.72. The fourth-order valence-corrected chi connectivity index (χ4v) is 1.72. The highest BCUT2D eigenvalue weighted by atomic mass is 16.5. The number of ether oxygens (including phenoxy) is 2. The van der Waals surface area contributed by atoms with E-state index in [1.54, 1.807) is 31.4 Å². The van der Waals surface area contributed by atoms with E-state index in [2.05, 4.69) is 0 Å². The minimum Gasteiger partial charge on any atom is -0.497 e. The number of carbonyl (C=O) groups is 1. The zero-order valence-electron chi connectivity index (χ0n) is 10.8. The molecule has 0 atom stereocenters. The molecule has 0 aliphatic heterocycles. The van der Waals surface area contributed by atoms with Gasteiger partial charge in [-0.05, 0) is 29.8 Å². The van der Waals surface area contributed by atoms with Crippen molar-refractivity contribution in [3.05, 3.63) is 65.7 Å². The van der Waals surface area contributed by atoms with Crippen molar-refractivity contribution in [2.45, 2.75) is 6.42 Å². The first-order valence-corrected chi connectivity index (χ1v) is 6.14. The highest BCUT2D eigenvalue weighted by molar-refractivity contribution is 5.89. The smallest absolute Gasteiger partial charge is 0.338 e. The molecular formula is C16H16O3. The average Bonchev–Trinajstić information content (AvgIpc) is 2.48. The number of hydrogen-bond acceptors (Lipinski definition) is 3. The monoisotopic (exact) mass is 256 g/mol. The maximum absolute atomic E-state index is 11.8. The Morgan fingerprint density at radius 3 is 2.32 bits per heavy atom. The van der Waals surface area contributed by atoms with E-state index in [-0.39, 0.29) is 5.97 Å². The second kappa shape index (κ2) is 6.59. The molecular weight excluding hydrogens is 240 g/mol. The normalized spacial score (nSPS) is 9.95. The molecule has 0 saturated heterocycles. The molecule has 0 fully saturated rings. The number of rotatable bonds is 5. The summed E-state index contributed by atoms with van der Waals surface area (Å²) in [6, 6.07) is 16.8. The zero-order chi connectivity index (χ0) is 13.5. The van der Waals surface area contributed by atoms with Crippen molar-refractivity contribution in [3.8, 4) is 5.75 Å². The van der Waals surface area contributed by atoms with Gasteiger partial charge in [0.2, 0.25) is 0 Å². The lowest BCUT2D eigenvalue weighted by Crippen LogP contribution is -2.08. The van der Waals surface area contributed by atoms with Gasteiger partial charge in [-0.25, -0.2) is 4.79 Å². The summed E-state index contributed by atoms with van der Waals surface area (Å²) < 4.78 is 10.3. The predicted molar refractivity (Wildman–Crippen MR) is 73.4 cm³/mol. The molecule has 0 aliphatic carbocycles. The topological polar surface area (TPSA) is 35.5 Å². The van der Waals surface area contributed by atoms with E-state index in [0.717, 1.165) is 17.7 Å². The van der Waals surface area contributed by atoms with Crippen molar-refractivity contribution in [1.82, 2.24) is 0 Å². The third-order valence-corrected chi connectivity index (χ3v) is 2.79.